The van der Waals surface area contributed by atoms with Crippen LogP contribution in [0.3, 0.4) is 0 Å². The molecule has 0 amide bonds. The molecule has 1 aromatic rings. The third-order valence-corrected chi connectivity index (χ3v) is 5.38. The number of nitrogens with one attached hydrogen (secondary N) is 1. The van der Waals surface area contributed by atoms with Gasteiger partial charge in [0.1, 0.15) is 0 Å². The Hall–Kier alpha value is -0.830. The van der Waals surface area contributed by atoms with Crippen molar-refractivity contribution in [2.75, 3.05) is 6.54 Å². The SMILES string of the molecule is c1cnn(CCNC2CCCCC2C2CCCCC2)c1. The van der Waals surface area contributed by atoms with E-state index in [2.05, 4.69) is 16.6 Å². The van der Waals surface area contributed by atoms with Gasteiger partial charge in [0.15, 0.2) is 0 Å². The maximum Gasteiger partial charge on any atom is 0.0534 e. The Kier molecular flexibility index (Phi) is 5.12. The molecule has 1 aromatic heterocycles. The molecule has 1 N–H and O–H groups in total. The summed E-state index contributed by atoms with van der Waals surface area (Å²) in [6.07, 6.45) is 17.0. The fourth-order valence-electron chi connectivity index (χ4n) is 4.34. The first-order chi connectivity index (χ1) is 9.93. The second-order valence-corrected chi connectivity index (χ2v) is 6.68. The van der Waals surface area contributed by atoms with Crippen LogP contribution in [0.15, 0.2) is 18.5 Å². The van der Waals surface area contributed by atoms with Crippen LogP contribution < -0.4 is 5.32 Å². The average molecular weight is 275 g/mol. The molecule has 0 radical (unpaired) electrons. The van der Waals surface area contributed by atoms with E-state index in [1.807, 2.05) is 16.9 Å². The first-order valence-electron chi connectivity index (χ1n) is 8.64. The molecule has 3 heteroatoms. The van der Waals surface area contributed by atoms with Gasteiger partial charge in [-0.25, -0.2) is 0 Å². The third kappa shape index (κ3) is 3.63. The molecule has 2 fully saturated rings. The van der Waals surface area contributed by atoms with Crippen LogP contribution in [0, 0.1) is 11.8 Å². The van der Waals surface area contributed by atoms with E-state index >= 15 is 0 Å². The zero-order valence-electron chi connectivity index (χ0n) is 12.6. The summed E-state index contributed by atoms with van der Waals surface area (Å²) >= 11 is 0. The standard InChI is InChI=1S/C17H29N3/c1-2-7-15(8-3-1)16-9-4-5-10-17(16)18-12-14-20-13-6-11-19-20/h6,11,13,15-18H,1-5,7-10,12,14H2. The molecular weight excluding hydrogens is 246 g/mol. The van der Waals surface area contributed by atoms with Gasteiger partial charge in [-0.1, -0.05) is 44.9 Å². The number of hydrogen-bond donors (Lipinski definition) is 1. The number of nitrogens with zero attached hydrogens (tertiary/aromatic N) is 2. The van der Waals surface area contributed by atoms with Crippen LogP contribution in [0.4, 0.5) is 0 Å². The fraction of sp³-hybridized carbons (Fsp3) is 0.824. The molecule has 20 heavy (non-hydrogen) atoms. The predicted octanol–water partition coefficient (Wildman–Crippen LogP) is 3.61. The summed E-state index contributed by atoms with van der Waals surface area (Å²) in [5.41, 5.74) is 0. The predicted molar refractivity (Wildman–Crippen MR) is 82.6 cm³/mol. The summed E-state index contributed by atoms with van der Waals surface area (Å²) in [6.45, 7) is 2.07. The zero-order chi connectivity index (χ0) is 13.6. The Balaban J connectivity index is 1.49. The Morgan fingerprint density at radius 3 is 2.60 bits per heavy atom. The van der Waals surface area contributed by atoms with E-state index < -0.39 is 0 Å². The van der Waals surface area contributed by atoms with E-state index in [-0.39, 0.29) is 0 Å². The maximum atomic E-state index is 4.28. The lowest BCUT2D eigenvalue weighted by Crippen LogP contribution is -2.43. The summed E-state index contributed by atoms with van der Waals surface area (Å²) in [4.78, 5) is 0. The van der Waals surface area contributed by atoms with Crippen LogP contribution in [-0.2, 0) is 6.54 Å². The molecule has 0 saturated heterocycles. The van der Waals surface area contributed by atoms with Crippen molar-refractivity contribution in [1.82, 2.24) is 15.1 Å². The minimum atomic E-state index is 0.766. The molecule has 0 aliphatic heterocycles. The molecule has 112 valence electrons. The number of rotatable bonds is 5. The summed E-state index contributed by atoms with van der Waals surface area (Å²) in [6, 6.07) is 2.77. The number of aromatic nitrogens is 2. The van der Waals surface area contributed by atoms with Gasteiger partial charge in [0.25, 0.3) is 0 Å². The second kappa shape index (κ2) is 7.26. The Labute approximate surface area is 123 Å². The van der Waals surface area contributed by atoms with Crippen molar-refractivity contribution in [1.29, 1.82) is 0 Å². The van der Waals surface area contributed by atoms with E-state index in [1.165, 1.54) is 57.8 Å². The fourth-order valence-corrected chi connectivity index (χ4v) is 4.34. The molecule has 1 heterocycles. The van der Waals surface area contributed by atoms with Crippen LogP contribution in [0.2, 0.25) is 0 Å². The van der Waals surface area contributed by atoms with Crippen LogP contribution in [-0.4, -0.2) is 22.4 Å². The first-order valence-corrected chi connectivity index (χ1v) is 8.64. The Morgan fingerprint density at radius 1 is 1.00 bits per heavy atom. The smallest absolute Gasteiger partial charge is 0.0534 e. The minimum Gasteiger partial charge on any atom is -0.312 e. The van der Waals surface area contributed by atoms with Gasteiger partial charge in [0, 0.05) is 25.0 Å². The molecular formula is C17H29N3. The largest absolute Gasteiger partial charge is 0.312 e. The molecule has 2 aliphatic carbocycles. The molecule has 2 saturated carbocycles. The highest BCUT2D eigenvalue weighted by Gasteiger charge is 2.31. The van der Waals surface area contributed by atoms with Crippen molar-refractivity contribution in [2.45, 2.75) is 70.4 Å². The van der Waals surface area contributed by atoms with Crippen LogP contribution in [0.25, 0.3) is 0 Å². The topological polar surface area (TPSA) is 29.9 Å². The van der Waals surface area contributed by atoms with E-state index in [0.717, 1.165) is 31.0 Å². The second-order valence-electron chi connectivity index (χ2n) is 6.68. The van der Waals surface area contributed by atoms with E-state index in [0.29, 0.717) is 0 Å². The van der Waals surface area contributed by atoms with Crippen molar-refractivity contribution in [2.24, 2.45) is 11.8 Å². The zero-order valence-corrected chi connectivity index (χ0v) is 12.6. The molecule has 3 rings (SSSR count). The molecule has 2 aliphatic rings. The summed E-state index contributed by atoms with van der Waals surface area (Å²) < 4.78 is 2.03. The van der Waals surface area contributed by atoms with E-state index in [4.69, 9.17) is 0 Å². The lowest BCUT2D eigenvalue weighted by Gasteiger charge is -2.39. The van der Waals surface area contributed by atoms with Gasteiger partial charge in [0.05, 0.1) is 6.54 Å². The van der Waals surface area contributed by atoms with Gasteiger partial charge >= 0.3 is 0 Å². The molecule has 2 unspecified atom stereocenters. The lowest BCUT2D eigenvalue weighted by molar-refractivity contribution is 0.149. The van der Waals surface area contributed by atoms with Gasteiger partial charge in [-0.3, -0.25) is 4.68 Å². The highest BCUT2D eigenvalue weighted by atomic mass is 15.3. The van der Waals surface area contributed by atoms with Crippen molar-refractivity contribution in [3.8, 4) is 0 Å². The van der Waals surface area contributed by atoms with Gasteiger partial charge in [0.2, 0.25) is 0 Å². The maximum absolute atomic E-state index is 4.28. The van der Waals surface area contributed by atoms with Crippen molar-refractivity contribution in [3.05, 3.63) is 18.5 Å². The summed E-state index contributed by atoms with van der Waals surface area (Å²) in [5, 5.41) is 8.13. The van der Waals surface area contributed by atoms with Gasteiger partial charge in [-0.15, -0.1) is 0 Å². The monoisotopic (exact) mass is 275 g/mol. The molecule has 0 bridgehead atoms. The van der Waals surface area contributed by atoms with Gasteiger partial charge in [-0.05, 0) is 30.7 Å². The summed E-state index contributed by atoms with van der Waals surface area (Å²) in [7, 11) is 0. The van der Waals surface area contributed by atoms with Crippen LogP contribution in [0.5, 0.6) is 0 Å². The first kappa shape index (κ1) is 14.1. The van der Waals surface area contributed by atoms with Crippen molar-refractivity contribution in [3.63, 3.8) is 0 Å². The molecule has 0 spiro atoms. The normalized spacial score (nSPS) is 28.6. The Bertz CT molecular complexity index is 368. The van der Waals surface area contributed by atoms with Crippen molar-refractivity contribution >= 4 is 0 Å². The number of hydrogen-bond acceptors (Lipinski definition) is 2. The van der Waals surface area contributed by atoms with Crippen LogP contribution in [0.1, 0.15) is 57.8 Å². The van der Waals surface area contributed by atoms with Gasteiger partial charge in [-0.2, -0.15) is 5.10 Å². The van der Waals surface area contributed by atoms with Crippen molar-refractivity contribution < 1.29 is 0 Å². The molecule has 0 aromatic carbocycles. The van der Waals surface area contributed by atoms with Gasteiger partial charge < -0.3 is 5.32 Å². The van der Waals surface area contributed by atoms with Crippen LogP contribution >= 0.6 is 0 Å². The average Bonchev–Trinajstić information content (AvgIpc) is 3.02. The summed E-state index contributed by atoms with van der Waals surface area (Å²) in [5.74, 6) is 1.95. The minimum absolute atomic E-state index is 0.766. The molecule has 2 atom stereocenters. The molecule has 3 nitrogen and oxygen atoms in total. The lowest BCUT2D eigenvalue weighted by atomic mass is 9.71. The quantitative estimate of drug-likeness (QED) is 0.889. The van der Waals surface area contributed by atoms with E-state index in [1.54, 1.807) is 0 Å². The highest BCUT2D eigenvalue weighted by molar-refractivity contribution is 4.87. The van der Waals surface area contributed by atoms with E-state index in [9.17, 15) is 0 Å². The highest BCUT2D eigenvalue weighted by Crippen LogP contribution is 2.38. The third-order valence-electron chi connectivity index (χ3n) is 5.38. The Morgan fingerprint density at radius 2 is 1.80 bits per heavy atom.